The molecule has 0 amide bonds. The summed E-state index contributed by atoms with van der Waals surface area (Å²) in [6.45, 7) is 6.75. The number of hydrogen-bond donors (Lipinski definition) is 1. The Morgan fingerprint density at radius 2 is 2.27 bits per heavy atom. The largest absolute Gasteiger partial charge is 0.516 e. The second-order valence-electron chi connectivity index (χ2n) is 5.36. The molecule has 2 aliphatic rings. The van der Waals surface area contributed by atoms with Gasteiger partial charge in [0, 0.05) is 12.1 Å². The third-order valence-electron chi connectivity index (χ3n) is 3.87. The van der Waals surface area contributed by atoms with Gasteiger partial charge in [-0.2, -0.15) is 0 Å². The molecule has 3 unspecified atom stereocenters. The Morgan fingerprint density at radius 1 is 1.45 bits per heavy atom. The van der Waals surface area contributed by atoms with Gasteiger partial charge in [0.1, 0.15) is 0 Å². The van der Waals surface area contributed by atoms with Crippen molar-refractivity contribution in [3.63, 3.8) is 0 Å². The van der Waals surface area contributed by atoms with Crippen LogP contribution in [-0.2, 0) is 4.74 Å². The minimum Gasteiger partial charge on any atom is -0.516 e. The van der Waals surface area contributed by atoms with Crippen molar-refractivity contribution in [1.82, 2.24) is 4.90 Å². The van der Waals surface area contributed by atoms with Gasteiger partial charge < -0.3 is 15.2 Å². The van der Waals surface area contributed by atoms with Crippen molar-refractivity contribution in [1.29, 1.82) is 0 Å². The maximum atomic E-state index is 5.27. The molecule has 0 bridgehead atoms. The zero-order chi connectivity index (χ0) is 15.9. The van der Waals surface area contributed by atoms with Crippen LogP contribution in [0, 0.1) is 0 Å². The molecule has 22 heavy (non-hydrogen) atoms. The van der Waals surface area contributed by atoms with E-state index in [-0.39, 0.29) is 6.23 Å². The van der Waals surface area contributed by atoms with Gasteiger partial charge >= 0.3 is 0 Å². The quantitative estimate of drug-likeness (QED) is 0.604. The summed E-state index contributed by atoms with van der Waals surface area (Å²) in [4.78, 5) is 2.31. The van der Waals surface area contributed by atoms with Crippen LogP contribution in [0.5, 0.6) is 0 Å². The van der Waals surface area contributed by atoms with E-state index in [0.717, 1.165) is 29.5 Å². The molecule has 0 fully saturated rings. The van der Waals surface area contributed by atoms with Gasteiger partial charge in [-0.05, 0) is 32.5 Å². The molecule has 120 valence electrons. The van der Waals surface area contributed by atoms with Crippen molar-refractivity contribution in [2.45, 2.75) is 32.0 Å². The summed E-state index contributed by atoms with van der Waals surface area (Å²) in [6, 6.07) is 0.456. The van der Waals surface area contributed by atoms with Crippen LogP contribution in [0.15, 0.2) is 58.9 Å². The Labute approximate surface area is 132 Å². The average molecular weight is 303 g/mol. The molecule has 0 saturated heterocycles. The lowest BCUT2D eigenvalue weighted by atomic mass is 10.1. The van der Waals surface area contributed by atoms with E-state index in [1.54, 1.807) is 0 Å². The van der Waals surface area contributed by atoms with Gasteiger partial charge in [0.25, 0.3) is 0 Å². The van der Waals surface area contributed by atoms with Crippen molar-refractivity contribution in [2.24, 2.45) is 10.2 Å². The van der Waals surface area contributed by atoms with Crippen molar-refractivity contribution < 1.29 is 9.75 Å². The third-order valence-corrected chi connectivity index (χ3v) is 3.87. The van der Waals surface area contributed by atoms with Crippen molar-refractivity contribution in [3.05, 3.63) is 54.1 Å². The highest BCUT2D eigenvalue weighted by Gasteiger charge is 2.15. The van der Waals surface area contributed by atoms with E-state index >= 15 is 0 Å². The van der Waals surface area contributed by atoms with Crippen LogP contribution in [0.3, 0.4) is 0 Å². The normalized spacial score (nSPS) is 28.6. The summed E-state index contributed by atoms with van der Waals surface area (Å²) in [5.74, 6) is 0.811. The molecule has 1 heterocycles. The molecule has 1 N–H and O–H groups in total. The minimum atomic E-state index is -0.185. The van der Waals surface area contributed by atoms with E-state index < -0.39 is 0 Å². The Kier molecular flexibility index (Phi) is 6.06. The summed E-state index contributed by atoms with van der Waals surface area (Å²) >= 11 is 0. The van der Waals surface area contributed by atoms with E-state index in [2.05, 4.69) is 53.3 Å². The second-order valence-corrected chi connectivity index (χ2v) is 5.36. The standard InChI is InChI=1S/C16H25N5O/c1-5-20(3)14-9-7-13(8-10-14)17-18-15-11-12-16(22-6-2)19-21(15)4/h6-9,11,14,16,21H,2,5,10,12H2,1,3-4H3. The number of nitrogens with zero attached hydrogens (tertiary/aromatic N) is 4. The number of hydrogen-bond acceptors (Lipinski definition) is 4. The van der Waals surface area contributed by atoms with E-state index in [1.807, 2.05) is 19.2 Å². The molecule has 6 nitrogen and oxygen atoms in total. The van der Waals surface area contributed by atoms with E-state index in [4.69, 9.17) is 4.74 Å². The van der Waals surface area contributed by atoms with Crippen LogP contribution < -0.4 is 5.01 Å². The number of rotatable bonds is 6. The van der Waals surface area contributed by atoms with Gasteiger partial charge in [0.15, 0.2) is 0 Å². The summed E-state index contributed by atoms with van der Waals surface area (Å²) in [6.07, 6.45) is 11.2. The molecule has 0 aromatic rings. The molecule has 0 saturated carbocycles. The number of allylic oxidation sites excluding steroid dienone is 1. The van der Waals surface area contributed by atoms with Gasteiger partial charge in [0.05, 0.1) is 25.2 Å². The number of likely N-dealkylation sites (N-methyl/N-ethyl adjacent to an activating group) is 1. The number of nitrogens with one attached hydrogen (secondary N) is 1. The summed E-state index contributed by atoms with van der Waals surface area (Å²) in [5.41, 5.74) is 5.32. The molecular formula is C16H25N5O. The highest BCUT2D eigenvalue weighted by Crippen LogP contribution is 2.17. The Morgan fingerprint density at radius 3 is 2.86 bits per heavy atom. The topological polar surface area (TPSA) is 55.7 Å². The predicted octanol–water partition coefficient (Wildman–Crippen LogP) is 2.14. The monoisotopic (exact) mass is 303 g/mol. The first-order valence-corrected chi connectivity index (χ1v) is 7.65. The van der Waals surface area contributed by atoms with Crippen LogP contribution in [-0.4, -0.2) is 37.8 Å². The van der Waals surface area contributed by atoms with Crippen LogP contribution in [0.25, 0.3) is 5.43 Å². The van der Waals surface area contributed by atoms with Crippen LogP contribution in [0.1, 0.15) is 19.8 Å². The summed E-state index contributed by atoms with van der Waals surface area (Å²) < 4.78 is 5.27. The number of ether oxygens (including phenoxy) is 1. The highest BCUT2D eigenvalue weighted by molar-refractivity contribution is 5.24. The first-order chi connectivity index (χ1) is 10.6. The van der Waals surface area contributed by atoms with Crippen molar-refractivity contribution in [2.75, 3.05) is 20.6 Å². The molecule has 0 spiro atoms. The summed E-state index contributed by atoms with van der Waals surface area (Å²) in [7, 11) is 4.05. The fourth-order valence-electron chi connectivity index (χ4n) is 2.35. The maximum Gasteiger partial charge on any atom is 0.231 e. The molecule has 1 aliphatic carbocycles. The third kappa shape index (κ3) is 4.37. The molecular weight excluding hydrogens is 278 g/mol. The lowest BCUT2D eigenvalue weighted by Gasteiger charge is -2.36. The lowest BCUT2D eigenvalue weighted by molar-refractivity contribution is -0.806. The first kappa shape index (κ1) is 16.6. The maximum absolute atomic E-state index is 5.27. The number of quaternary nitrogens is 1. The van der Waals surface area contributed by atoms with Gasteiger partial charge in [-0.3, -0.25) is 4.90 Å². The fourth-order valence-corrected chi connectivity index (χ4v) is 2.35. The predicted molar refractivity (Wildman–Crippen MR) is 86.8 cm³/mol. The Balaban J connectivity index is 1.92. The summed E-state index contributed by atoms with van der Waals surface area (Å²) in [5, 5.41) is 9.47. The van der Waals surface area contributed by atoms with E-state index in [1.165, 1.54) is 6.26 Å². The molecule has 0 aromatic heterocycles. The van der Waals surface area contributed by atoms with Crippen LogP contribution in [0.4, 0.5) is 0 Å². The van der Waals surface area contributed by atoms with Crippen LogP contribution in [0.2, 0.25) is 0 Å². The zero-order valence-corrected chi connectivity index (χ0v) is 13.6. The van der Waals surface area contributed by atoms with Gasteiger partial charge in [-0.15, -0.1) is 5.11 Å². The smallest absolute Gasteiger partial charge is 0.231 e. The van der Waals surface area contributed by atoms with Gasteiger partial charge in [-0.1, -0.05) is 30.8 Å². The van der Waals surface area contributed by atoms with Crippen LogP contribution >= 0.6 is 0 Å². The second kappa shape index (κ2) is 8.03. The van der Waals surface area contributed by atoms with Gasteiger partial charge in [-0.25, -0.2) is 0 Å². The minimum absolute atomic E-state index is 0.185. The molecule has 1 aliphatic heterocycles. The van der Waals surface area contributed by atoms with E-state index in [0.29, 0.717) is 12.5 Å². The molecule has 0 aromatic carbocycles. The fraction of sp³-hybridized carbons (Fsp3) is 0.500. The van der Waals surface area contributed by atoms with E-state index in [9.17, 15) is 0 Å². The lowest BCUT2D eigenvalue weighted by Crippen LogP contribution is -3.04. The zero-order valence-electron chi connectivity index (χ0n) is 13.6. The average Bonchev–Trinajstić information content (AvgIpc) is 2.54. The molecule has 2 rings (SSSR count). The Bertz CT molecular complexity index is 509. The van der Waals surface area contributed by atoms with Crippen molar-refractivity contribution in [3.8, 4) is 0 Å². The number of azo groups is 1. The molecule has 0 radical (unpaired) electrons. The molecule has 6 heteroatoms. The Hall–Kier alpha value is -1.76. The molecule has 3 atom stereocenters. The SMILES string of the molecule is C=COC1CC=C(N=NC2=CCC(N(C)CC)C=C2)[NH+](C)[N-]1. The highest BCUT2D eigenvalue weighted by atomic mass is 16.5. The first-order valence-electron chi connectivity index (χ1n) is 7.65. The van der Waals surface area contributed by atoms with Crippen molar-refractivity contribution >= 4 is 0 Å². The van der Waals surface area contributed by atoms with Gasteiger partial charge in [0.2, 0.25) is 5.82 Å².